The molecule has 0 saturated carbocycles. The van der Waals surface area contributed by atoms with E-state index in [9.17, 15) is 23.1 Å². The Balaban J connectivity index is 1.24. The third-order valence-corrected chi connectivity index (χ3v) is 7.00. The van der Waals surface area contributed by atoms with Crippen molar-refractivity contribution >= 4 is 34.2 Å². The summed E-state index contributed by atoms with van der Waals surface area (Å²) >= 11 is 5.91. The molecule has 36 heavy (non-hydrogen) atoms. The Hall–Kier alpha value is -2.95. The molecule has 2 aliphatic rings. The summed E-state index contributed by atoms with van der Waals surface area (Å²) in [6.45, 7) is 1.60. The van der Waals surface area contributed by atoms with Gasteiger partial charge in [-0.1, -0.05) is 23.7 Å². The van der Waals surface area contributed by atoms with E-state index >= 15 is 0 Å². The number of fused-ring (bicyclic) bond motifs is 1. The average molecular weight is 520 g/mol. The van der Waals surface area contributed by atoms with Gasteiger partial charge in [0.15, 0.2) is 0 Å². The standard InChI is InChI=1S/C25H25ClF3N5O2/c26-16-7-5-15(6-8-16)23(36)33-11-9-17(10-12-33)30-20-13-34(14-21(20)35)22-18-3-1-2-4-19(18)31-24(32-22)25(27,28)29/h1-8,17,20-21,30,35H,9-14H2/t20-,21-/m1/s1. The summed E-state index contributed by atoms with van der Waals surface area (Å²) in [6, 6.07) is 13.1. The Labute approximate surface area is 210 Å². The minimum atomic E-state index is -4.67. The van der Waals surface area contributed by atoms with Crippen LogP contribution in [0.4, 0.5) is 19.0 Å². The number of aliphatic hydroxyl groups is 1. The van der Waals surface area contributed by atoms with E-state index in [1.165, 1.54) is 6.07 Å². The van der Waals surface area contributed by atoms with E-state index in [2.05, 4.69) is 15.3 Å². The first-order valence-corrected chi connectivity index (χ1v) is 12.1. The minimum absolute atomic E-state index is 0.0479. The number of nitrogens with one attached hydrogen (secondary N) is 1. The Bertz CT molecular complexity index is 1250. The summed E-state index contributed by atoms with van der Waals surface area (Å²) < 4.78 is 40.3. The zero-order valence-electron chi connectivity index (χ0n) is 19.2. The van der Waals surface area contributed by atoms with Crippen LogP contribution < -0.4 is 10.2 Å². The summed E-state index contributed by atoms with van der Waals surface area (Å²) in [6.07, 6.45) is -4.04. The maximum atomic E-state index is 13.4. The quantitative estimate of drug-likeness (QED) is 0.546. The molecule has 0 spiro atoms. The first kappa shape index (κ1) is 24.7. The van der Waals surface area contributed by atoms with Crippen LogP contribution in [0.2, 0.25) is 5.02 Å². The molecule has 190 valence electrons. The van der Waals surface area contributed by atoms with Crippen LogP contribution in [0.15, 0.2) is 48.5 Å². The van der Waals surface area contributed by atoms with Crippen molar-refractivity contribution in [1.82, 2.24) is 20.2 Å². The van der Waals surface area contributed by atoms with Gasteiger partial charge < -0.3 is 20.2 Å². The average Bonchev–Trinajstić information content (AvgIpc) is 3.23. The molecule has 2 fully saturated rings. The van der Waals surface area contributed by atoms with Crippen LogP contribution in [0, 0.1) is 0 Å². The summed E-state index contributed by atoms with van der Waals surface area (Å²) in [5.74, 6) is -1.08. The zero-order valence-corrected chi connectivity index (χ0v) is 20.0. The summed E-state index contributed by atoms with van der Waals surface area (Å²) in [5.41, 5.74) is 0.793. The second kappa shape index (κ2) is 9.84. The lowest BCUT2D eigenvalue weighted by Gasteiger charge is -2.34. The molecule has 0 unspecified atom stereocenters. The lowest BCUT2D eigenvalue weighted by atomic mass is 10.0. The molecule has 0 aliphatic carbocycles. The normalized spacial score (nSPS) is 21.4. The molecular formula is C25H25ClF3N5O2. The molecule has 0 bridgehead atoms. The van der Waals surface area contributed by atoms with Crippen LogP contribution in [-0.2, 0) is 6.18 Å². The van der Waals surface area contributed by atoms with Crippen molar-refractivity contribution in [1.29, 1.82) is 0 Å². The van der Waals surface area contributed by atoms with E-state index in [0.29, 0.717) is 48.4 Å². The number of aromatic nitrogens is 2. The fraction of sp³-hybridized carbons (Fsp3) is 0.400. The first-order valence-electron chi connectivity index (χ1n) is 11.8. The van der Waals surface area contributed by atoms with Crippen molar-refractivity contribution < 1.29 is 23.1 Å². The molecule has 2 aliphatic heterocycles. The first-order chi connectivity index (χ1) is 17.2. The summed E-state index contributed by atoms with van der Waals surface area (Å²) in [4.78, 5) is 23.7. The van der Waals surface area contributed by atoms with Gasteiger partial charge in [0, 0.05) is 48.2 Å². The molecular weight excluding hydrogens is 495 g/mol. The highest BCUT2D eigenvalue weighted by Gasteiger charge is 2.39. The number of hydrogen-bond donors (Lipinski definition) is 2. The number of nitrogens with zero attached hydrogens (tertiary/aromatic N) is 4. The number of piperidine rings is 1. The molecule has 3 heterocycles. The van der Waals surface area contributed by atoms with Crippen molar-refractivity contribution in [2.24, 2.45) is 0 Å². The maximum Gasteiger partial charge on any atom is 0.451 e. The molecule has 1 amide bonds. The van der Waals surface area contributed by atoms with Gasteiger partial charge in [0.1, 0.15) is 5.82 Å². The van der Waals surface area contributed by atoms with Crippen molar-refractivity contribution in [3.05, 3.63) is 64.9 Å². The Morgan fingerprint density at radius 3 is 2.42 bits per heavy atom. The van der Waals surface area contributed by atoms with Gasteiger partial charge in [-0.3, -0.25) is 4.79 Å². The second-order valence-electron chi connectivity index (χ2n) is 9.20. The number of anilines is 1. The zero-order chi connectivity index (χ0) is 25.4. The molecule has 2 N–H and O–H groups in total. The molecule has 11 heteroatoms. The van der Waals surface area contributed by atoms with E-state index in [1.54, 1.807) is 52.3 Å². The van der Waals surface area contributed by atoms with Crippen molar-refractivity contribution in [2.75, 3.05) is 31.1 Å². The van der Waals surface area contributed by atoms with E-state index in [0.717, 1.165) is 0 Å². The fourth-order valence-corrected chi connectivity index (χ4v) is 5.00. The molecule has 3 aromatic rings. The Morgan fingerprint density at radius 1 is 1.03 bits per heavy atom. The van der Waals surface area contributed by atoms with E-state index in [4.69, 9.17) is 11.6 Å². The number of hydrogen-bond acceptors (Lipinski definition) is 6. The number of amides is 1. The van der Waals surface area contributed by atoms with Crippen LogP contribution >= 0.6 is 11.6 Å². The van der Waals surface area contributed by atoms with Gasteiger partial charge >= 0.3 is 6.18 Å². The van der Waals surface area contributed by atoms with Gasteiger partial charge in [0.2, 0.25) is 5.82 Å². The van der Waals surface area contributed by atoms with Crippen LogP contribution in [0.1, 0.15) is 29.0 Å². The highest BCUT2D eigenvalue weighted by Crippen LogP contribution is 2.33. The largest absolute Gasteiger partial charge is 0.451 e. The number of carbonyl (C=O) groups excluding carboxylic acids is 1. The minimum Gasteiger partial charge on any atom is -0.390 e. The third kappa shape index (κ3) is 5.11. The van der Waals surface area contributed by atoms with Gasteiger partial charge in [-0.2, -0.15) is 13.2 Å². The van der Waals surface area contributed by atoms with Crippen LogP contribution in [0.3, 0.4) is 0 Å². The number of rotatable bonds is 4. The van der Waals surface area contributed by atoms with E-state index in [-0.39, 0.29) is 35.9 Å². The predicted octanol–water partition coefficient (Wildman–Crippen LogP) is 3.75. The predicted molar refractivity (Wildman–Crippen MR) is 130 cm³/mol. The highest BCUT2D eigenvalue weighted by molar-refractivity contribution is 6.30. The van der Waals surface area contributed by atoms with Crippen molar-refractivity contribution in [3.8, 4) is 0 Å². The van der Waals surface area contributed by atoms with Gasteiger partial charge in [-0.25, -0.2) is 9.97 Å². The van der Waals surface area contributed by atoms with Gasteiger partial charge in [0.05, 0.1) is 17.7 Å². The van der Waals surface area contributed by atoms with E-state index in [1.807, 2.05) is 0 Å². The lowest BCUT2D eigenvalue weighted by Crippen LogP contribution is -2.50. The number of para-hydroxylation sites is 1. The van der Waals surface area contributed by atoms with Crippen LogP contribution in [-0.4, -0.2) is 70.2 Å². The summed E-state index contributed by atoms with van der Waals surface area (Å²) in [5, 5.41) is 15.3. The second-order valence-corrected chi connectivity index (χ2v) is 9.64. The molecule has 0 radical (unpaired) electrons. The summed E-state index contributed by atoms with van der Waals surface area (Å²) in [7, 11) is 0. The molecule has 5 rings (SSSR count). The maximum absolute atomic E-state index is 13.4. The molecule has 1 aromatic heterocycles. The third-order valence-electron chi connectivity index (χ3n) is 6.75. The number of likely N-dealkylation sites (tertiary alicyclic amines) is 1. The van der Waals surface area contributed by atoms with Crippen LogP contribution in [0.25, 0.3) is 10.9 Å². The van der Waals surface area contributed by atoms with Crippen molar-refractivity contribution in [3.63, 3.8) is 0 Å². The topological polar surface area (TPSA) is 81.6 Å². The number of alkyl halides is 3. The lowest BCUT2D eigenvalue weighted by molar-refractivity contribution is -0.144. The van der Waals surface area contributed by atoms with Gasteiger partial charge in [-0.05, 0) is 49.2 Å². The van der Waals surface area contributed by atoms with E-state index < -0.39 is 18.1 Å². The van der Waals surface area contributed by atoms with Crippen molar-refractivity contribution in [2.45, 2.75) is 37.2 Å². The molecule has 7 nitrogen and oxygen atoms in total. The monoisotopic (exact) mass is 519 g/mol. The number of benzene rings is 2. The Morgan fingerprint density at radius 2 is 1.72 bits per heavy atom. The SMILES string of the molecule is O=C(c1ccc(Cl)cc1)N1CCC(N[C@@H]2CN(c3nc(C(F)(F)F)nc4ccccc34)C[C@H]2O)CC1. The molecule has 2 aromatic carbocycles. The highest BCUT2D eigenvalue weighted by atomic mass is 35.5. The number of carbonyl (C=O) groups is 1. The number of halogens is 4. The number of β-amino-alcohol motifs (C(OH)–C–C–N with tert-alkyl or cyclic N) is 1. The molecule has 2 atom stereocenters. The van der Waals surface area contributed by atoms with Gasteiger partial charge in [-0.15, -0.1) is 0 Å². The Kier molecular flexibility index (Phi) is 6.76. The van der Waals surface area contributed by atoms with Crippen LogP contribution in [0.5, 0.6) is 0 Å². The number of aliphatic hydroxyl groups excluding tert-OH is 1. The molecule has 2 saturated heterocycles. The fourth-order valence-electron chi connectivity index (χ4n) is 4.88. The smallest absolute Gasteiger partial charge is 0.390 e. The van der Waals surface area contributed by atoms with Gasteiger partial charge in [0.25, 0.3) is 5.91 Å².